The Morgan fingerprint density at radius 1 is 0.393 bits per heavy atom. The van der Waals surface area contributed by atoms with Crippen LogP contribution in [-0.4, -0.2) is 268 Å². The fraction of sp³-hybridized carbons (Fsp3) is 0.846. The van der Waals surface area contributed by atoms with Gasteiger partial charge in [-0.1, -0.05) is 30.7 Å². The van der Waals surface area contributed by atoms with Crippen LogP contribution in [0.1, 0.15) is 20.8 Å². The van der Waals surface area contributed by atoms with Crippen molar-refractivity contribution in [2.75, 3.05) is 64.4 Å². The van der Waals surface area contributed by atoms with Crippen molar-refractivity contribution in [2.45, 2.75) is 143 Å². The van der Waals surface area contributed by atoms with Crippen LogP contribution >= 0.6 is 23.2 Å². The number of carbonyl (C=O) groups excluding carboxylic acids is 6. The third-order valence-corrected chi connectivity index (χ3v) is 12.7. The van der Waals surface area contributed by atoms with Gasteiger partial charge in [0.25, 0.3) is 0 Å². The zero-order valence-corrected chi connectivity index (χ0v) is 46.0. The summed E-state index contributed by atoms with van der Waals surface area (Å²) in [6.07, 6.45) is -12.2. The maximum absolute atomic E-state index is 11.7. The first-order valence-electron chi connectivity index (χ1n) is 24.4. The number of nitrogens with one attached hydrogen (secondary N) is 6. The Morgan fingerprint density at radius 3 is 1.01 bits per heavy atom. The monoisotopic (exact) mass is 1240 g/mol. The van der Waals surface area contributed by atoms with Crippen molar-refractivity contribution < 1.29 is 93.7 Å². The third-order valence-electron chi connectivity index (χ3n) is 12.2. The highest BCUT2D eigenvalue weighted by Crippen LogP contribution is 2.27. The molecule has 0 saturated carbocycles. The molecule has 20 atom stereocenters. The summed E-state index contributed by atoms with van der Waals surface area (Å²) in [7, 11) is 0. The Morgan fingerprint density at radius 2 is 0.679 bits per heavy atom. The Balaban J connectivity index is 0.000000566. The van der Waals surface area contributed by atoms with Gasteiger partial charge >= 0.3 is 0 Å². The van der Waals surface area contributed by atoms with Crippen molar-refractivity contribution in [1.29, 1.82) is 0 Å². The van der Waals surface area contributed by atoms with E-state index in [1.807, 2.05) is 0 Å². The molecule has 0 radical (unpaired) electrons. The molecule has 0 aliphatic carbocycles. The topological polar surface area (TPSA) is 686 Å². The molecule has 0 spiro atoms. The van der Waals surface area contributed by atoms with Crippen LogP contribution in [0.5, 0.6) is 0 Å². The van der Waals surface area contributed by atoms with E-state index in [1.54, 1.807) is 20.8 Å². The van der Waals surface area contributed by atoms with Gasteiger partial charge in [0, 0.05) is 29.5 Å². The van der Waals surface area contributed by atoms with E-state index in [0.29, 0.717) is 0 Å². The summed E-state index contributed by atoms with van der Waals surface area (Å²) >= 11 is 10.8. The first-order valence-corrected chi connectivity index (χ1v) is 25.5. The molecule has 0 bridgehead atoms. The number of azide groups is 6. The SMILES string of the molecule is C[C@@H]1OC(CO)[C@@H](N=[N+]=[N-])[C@H](O)C1N=[N+]=[N-].C[C@@H]1OC(CO)[C@@H](NC(=O)CCl)[C@H](O)C1NC(=O)CCl.C[C@@H]1OC(CO)[C@@H](NC(=O)CN=[N+]=[N-])[C@H](O)C1NC(=O)CN=[N+]=[N-].[N-]=[N+]=NCC(=O)NC1C(O)OC(CO)[C@@H](NC(=O)CN=[N+]=[N-])[C@@H]1O. The molecule has 4 fully saturated rings. The summed E-state index contributed by atoms with van der Waals surface area (Å²) in [5.41, 5.74) is 49.4. The number of aliphatic hydroxyl groups excluding tert-OH is 9. The van der Waals surface area contributed by atoms with E-state index in [4.69, 9.17) is 80.4 Å². The molecule has 43 nitrogen and oxygen atoms in total. The molecule has 45 heteroatoms. The molecule has 4 rings (SSSR count). The maximum Gasteiger partial charge on any atom is 0.235 e. The second-order valence-electron chi connectivity index (χ2n) is 17.7. The molecule has 15 N–H and O–H groups in total. The number of aliphatic hydroxyl groups is 9. The molecular formula is C39H64Cl2N24O19. The number of amides is 6. The summed E-state index contributed by atoms with van der Waals surface area (Å²) in [6, 6.07) is -7.88. The second kappa shape index (κ2) is 40.1. The standard InChI is InChI=1S/C11H18Cl2N2O5.C11H18N8O5.C10H16N8O6.C7H12N6O3/c1-5-9(14-7(17)2-12)11(19)10(6(4-16)20-5)15-8(18)3-13;1-5-9(16-7(21)2-14-18-12)11(23)10(6(4-20)24-5)17-8(22)3-15-19-13;11-17-13-1-5(20)15-7-4(3-19)24-10(23)8(9(7)22)16-6(21)2-14-18-12;1-3-5(10-12-8)7(15)6(11-13-9)4(2-14)16-3/h5-6,9-11,16,19H,2-4H2,1H3,(H,14,17)(H,15,18);5-6,9-11,20,23H,2-4H2,1H3,(H,16,21)(H,17,22);4,7-10,19,22-23H,1-3H2,(H,15,20)(H,16,21);3-7,14-15H,2H2,1H3/t2*5-,6?,9?,10+,11+;4?,7-,8?,9+,10?;3-,4?,5?,6+,7+/m0010/s1. The van der Waals surface area contributed by atoms with Crippen LogP contribution in [0.3, 0.4) is 0 Å². The molecule has 9 unspecified atom stereocenters. The Hall–Kier alpha value is -7.26. The largest absolute Gasteiger partial charge is 0.394 e. The zero-order valence-electron chi connectivity index (χ0n) is 44.5. The van der Waals surface area contributed by atoms with E-state index in [0.717, 1.165) is 0 Å². The Bertz CT molecular complexity index is 2370. The summed E-state index contributed by atoms with van der Waals surface area (Å²) in [5, 5.41) is 121. The Kier molecular flexibility index (Phi) is 35.7. The summed E-state index contributed by atoms with van der Waals surface area (Å²) < 4.78 is 21.3. The Labute approximate surface area is 483 Å². The number of hydrogen-bond donors (Lipinski definition) is 15. The van der Waals surface area contributed by atoms with Gasteiger partial charge in [0.15, 0.2) is 6.29 Å². The van der Waals surface area contributed by atoms with Gasteiger partial charge in [-0.25, -0.2) is 0 Å². The van der Waals surface area contributed by atoms with Gasteiger partial charge in [0.1, 0.15) is 68.4 Å². The lowest BCUT2D eigenvalue weighted by molar-refractivity contribution is -0.226. The normalized spacial score (nSPS) is 31.8. The highest BCUT2D eigenvalue weighted by molar-refractivity contribution is 6.27. The van der Waals surface area contributed by atoms with E-state index in [-0.39, 0.29) is 25.0 Å². The van der Waals surface area contributed by atoms with Gasteiger partial charge in [-0.3, -0.25) is 28.8 Å². The maximum atomic E-state index is 11.7. The van der Waals surface area contributed by atoms with Crippen molar-refractivity contribution in [1.82, 2.24) is 31.9 Å². The molecule has 4 heterocycles. The fourth-order valence-electron chi connectivity index (χ4n) is 8.33. The van der Waals surface area contributed by atoms with Crippen molar-refractivity contribution >= 4 is 58.6 Å². The lowest BCUT2D eigenvalue weighted by atomic mass is 9.91. The van der Waals surface area contributed by atoms with Crippen molar-refractivity contribution in [3.63, 3.8) is 0 Å². The average molecular weight is 1240 g/mol. The highest BCUT2D eigenvalue weighted by Gasteiger charge is 2.48. The lowest BCUT2D eigenvalue weighted by Crippen LogP contribution is -2.68. The molecule has 0 aromatic heterocycles. The van der Waals surface area contributed by atoms with Crippen LogP contribution in [0.2, 0.25) is 0 Å². The van der Waals surface area contributed by atoms with Crippen LogP contribution < -0.4 is 31.9 Å². The molecule has 84 heavy (non-hydrogen) atoms. The van der Waals surface area contributed by atoms with Gasteiger partial charge in [-0.2, -0.15) is 0 Å². The second-order valence-corrected chi connectivity index (χ2v) is 18.2. The van der Waals surface area contributed by atoms with Gasteiger partial charge < -0.3 is 96.8 Å². The molecular weight excluding hydrogens is 1180 g/mol. The fourth-order valence-corrected chi connectivity index (χ4v) is 8.48. The summed E-state index contributed by atoms with van der Waals surface area (Å²) in [5.74, 6) is -4.35. The number of ether oxygens (including phenoxy) is 4. The first-order chi connectivity index (χ1) is 40.0. The van der Waals surface area contributed by atoms with E-state index in [9.17, 15) is 69.6 Å². The molecule has 4 aliphatic rings. The quantitative estimate of drug-likeness (QED) is 0.0210. The van der Waals surface area contributed by atoms with Crippen molar-refractivity contribution in [3.8, 4) is 0 Å². The molecule has 0 aromatic carbocycles. The van der Waals surface area contributed by atoms with Crippen LogP contribution in [0.4, 0.5) is 0 Å². The van der Waals surface area contributed by atoms with E-state index in [1.165, 1.54) is 0 Å². The van der Waals surface area contributed by atoms with Gasteiger partial charge in [0.2, 0.25) is 35.4 Å². The van der Waals surface area contributed by atoms with Crippen LogP contribution in [-0.2, 0) is 47.7 Å². The lowest BCUT2D eigenvalue weighted by Gasteiger charge is -2.43. The molecule has 468 valence electrons. The predicted molar refractivity (Wildman–Crippen MR) is 281 cm³/mol. The number of rotatable bonds is 22. The molecule has 4 saturated heterocycles. The summed E-state index contributed by atoms with van der Waals surface area (Å²) in [6.45, 7) is 0.889. The molecule has 6 amide bonds. The van der Waals surface area contributed by atoms with E-state index in [2.05, 4.69) is 92.1 Å². The van der Waals surface area contributed by atoms with Crippen LogP contribution in [0.25, 0.3) is 62.7 Å². The van der Waals surface area contributed by atoms with Crippen LogP contribution in [0.15, 0.2) is 30.7 Å². The highest BCUT2D eigenvalue weighted by atomic mass is 35.5. The van der Waals surface area contributed by atoms with Crippen molar-refractivity contribution in [3.05, 3.63) is 62.7 Å². The van der Waals surface area contributed by atoms with Crippen molar-refractivity contribution in [2.24, 2.45) is 30.7 Å². The number of halogens is 2. The predicted octanol–water partition coefficient (Wildman–Crippen LogP) is -4.58. The average Bonchev–Trinajstić information content (AvgIpc) is 3.69. The molecule has 4 aliphatic heterocycles. The smallest absolute Gasteiger partial charge is 0.235 e. The third kappa shape index (κ3) is 23.8. The summed E-state index contributed by atoms with van der Waals surface area (Å²) in [4.78, 5) is 84.0. The van der Waals surface area contributed by atoms with Gasteiger partial charge in [-0.15, -0.1) is 23.2 Å². The number of nitrogens with zero attached hydrogens (tertiary/aromatic N) is 18. The van der Waals surface area contributed by atoms with Gasteiger partial charge in [-0.05, 0) is 54.0 Å². The van der Waals surface area contributed by atoms with Gasteiger partial charge in [0.05, 0.1) is 111 Å². The zero-order chi connectivity index (χ0) is 63.6. The minimum absolute atomic E-state index is 0.252. The minimum atomic E-state index is -1.67. The first kappa shape index (κ1) is 74.8. The van der Waals surface area contributed by atoms with E-state index >= 15 is 0 Å². The van der Waals surface area contributed by atoms with E-state index < -0.39 is 197 Å². The molecule has 0 aromatic rings. The van der Waals surface area contributed by atoms with Crippen LogP contribution in [0, 0.1) is 0 Å². The number of alkyl halides is 2. The minimum Gasteiger partial charge on any atom is -0.394 e. The number of carbonyl (C=O) groups is 6. The number of hydrogen-bond acceptors (Lipinski definition) is 25.